The van der Waals surface area contributed by atoms with Crippen LogP contribution in [-0.4, -0.2) is 173 Å². The Balaban J connectivity index is 5.17. The molecule has 0 aromatic carbocycles. The second-order valence-corrected chi connectivity index (χ2v) is 17.4. The molecule has 7 heteroatoms. The smallest absolute Gasteiger partial charge is 0.0110 e. The van der Waals surface area contributed by atoms with Crippen molar-refractivity contribution in [2.24, 2.45) is 23.7 Å². The summed E-state index contributed by atoms with van der Waals surface area (Å²) in [6.45, 7) is 44.9. The lowest BCUT2D eigenvalue weighted by atomic mass is 10.1. The van der Waals surface area contributed by atoms with E-state index in [9.17, 15) is 0 Å². The van der Waals surface area contributed by atoms with E-state index in [0.717, 1.165) is 76.0 Å². The Labute approximate surface area is 310 Å². The van der Waals surface area contributed by atoms with E-state index >= 15 is 0 Å². The van der Waals surface area contributed by atoms with Crippen molar-refractivity contribution in [2.75, 3.05) is 139 Å². The van der Waals surface area contributed by atoms with E-state index in [1.165, 1.54) is 110 Å². The summed E-state index contributed by atoms with van der Waals surface area (Å²) < 4.78 is 0. The number of hydrogen-bond donors (Lipinski definition) is 0. The van der Waals surface area contributed by atoms with E-state index in [-0.39, 0.29) is 0 Å². The number of hydrogen-bond acceptors (Lipinski definition) is 7. The molecule has 0 amide bonds. The van der Waals surface area contributed by atoms with Gasteiger partial charge in [0, 0.05) is 78.5 Å². The molecule has 0 N–H and O–H groups in total. The van der Waals surface area contributed by atoms with Gasteiger partial charge in [0.05, 0.1) is 0 Å². The molecule has 0 aliphatic rings. The molecule has 296 valence electrons. The van der Waals surface area contributed by atoms with Crippen molar-refractivity contribution in [3.63, 3.8) is 0 Å². The van der Waals surface area contributed by atoms with Gasteiger partial charge >= 0.3 is 0 Å². The highest BCUT2D eigenvalue weighted by Crippen LogP contribution is 2.08. The largest absolute Gasteiger partial charge is 0.304 e. The van der Waals surface area contributed by atoms with Gasteiger partial charge in [0.2, 0.25) is 0 Å². The van der Waals surface area contributed by atoms with Gasteiger partial charge in [0.25, 0.3) is 0 Å². The molecular formula is C42H93N7. The maximum atomic E-state index is 2.76. The summed E-state index contributed by atoms with van der Waals surface area (Å²) in [4.78, 5) is 18.7. The highest BCUT2D eigenvalue weighted by atomic mass is 15.3. The van der Waals surface area contributed by atoms with Crippen LogP contribution in [-0.2, 0) is 0 Å². The van der Waals surface area contributed by atoms with Crippen molar-refractivity contribution in [2.45, 2.75) is 114 Å². The molecule has 0 saturated carbocycles. The van der Waals surface area contributed by atoms with Crippen molar-refractivity contribution in [3.8, 4) is 0 Å². The van der Waals surface area contributed by atoms with E-state index in [4.69, 9.17) is 0 Å². The van der Waals surface area contributed by atoms with Crippen molar-refractivity contribution in [1.29, 1.82) is 0 Å². The van der Waals surface area contributed by atoms with Gasteiger partial charge in [0.1, 0.15) is 0 Å². The molecule has 0 atom stereocenters. The molecule has 0 radical (unpaired) electrons. The normalized spacial score (nSPS) is 13.0. The first-order valence-corrected chi connectivity index (χ1v) is 21.2. The summed E-state index contributed by atoms with van der Waals surface area (Å²) in [7, 11) is 7.04. The van der Waals surface area contributed by atoms with E-state index in [1.54, 1.807) is 0 Å². The third kappa shape index (κ3) is 31.0. The second-order valence-electron chi connectivity index (χ2n) is 17.4. The average Bonchev–Trinajstić information content (AvgIpc) is 3.04. The molecule has 0 aliphatic heterocycles. The molecular weight excluding hydrogens is 603 g/mol. The Morgan fingerprint density at radius 3 is 0.776 bits per heavy atom. The quantitative estimate of drug-likeness (QED) is 0.0682. The lowest BCUT2D eigenvalue weighted by molar-refractivity contribution is 0.155. The molecule has 49 heavy (non-hydrogen) atoms. The summed E-state index contributed by atoms with van der Waals surface area (Å²) >= 11 is 0. The maximum absolute atomic E-state index is 2.76. The zero-order valence-electron chi connectivity index (χ0n) is 36.1. The molecule has 0 saturated heterocycles. The summed E-state index contributed by atoms with van der Waals surface area (Å²) in [5, 5.41) is 0. The number of nitrogens with zero attached hydrogens (tertiary/aromatic N) is 7. The number of rotatable bonds is 35. The second kappa shape index (κ2) is 31.3. The minimum atomic E-state index is 0.776. The molecule has 0 aromatic heterocycles. The number of likely N-dealkylation sites (N-methyl/N-ethyl adjacent to an activating group) is 3. The molecule has 0 aromatic rings. The predicted molar refractivity (Wildman–Crippen MR) is 221 cm³/mol. The maximum Gasteiger partial charge on any atom is 0.0110 e. The Morgan fingerprint density at radius 2 is 0.531 bits per heavy atom. The van der Waals surface area contributed by atoms with Crippen LogP contribution in [0.25, 0.3) is 0 Å². The van der Waals surface area contributed by atoms with Crippen LogP contribution in [0.3, 0.4) is 0 Å². The monoisotopic (exact) mass is 696 g/mol. The van der Waals surface area contributed by atoms with Gasteiger partial charge in [-0.05, 0) is 123 Å². The lowest BCUT2D eigenvalue weighted by Gasteiger charge is -2.31. The first-order valence-electron chi connectivity index (χ1n) is 21.2. The van der Waals surface area contributed by atoms with Gasteiger partial charge in [-0.3, -0.25) is 4.90 Å². The Kier molecular flexibility index (Phi) is 31.1. The summed E-state index contributed by atoms with van der Waals surface area (Å²) in [5.74, 6) is 3.12. The van der Waals surface area contributed by atoms with Gasteiger partial charge in [-0.2, -0.15) is 0 Å². The van der Waals surface area contributed by atoms with Gasteiger partial charge in [0.15, 0.2) is 0 Å². The zero-order valence-corrected chi connectivity index (χ0v) is 36.1. The van der Waals surface area contributed by atoms with Crippen LogP contribution in [0.5, 0.6) is 0 Å². The molecule has 0 fully saturated rings. The van der Waals surface area contributed by atoms with Crippen LogP contribution in [0.15, 0.2) is 0 Å². The number of unbranched alkanes of at least 4 members (excludes halogenated alkanes) is 1. The van der Waals surface area contributed by atoms with Crippen molar-refractivity contribution in [3.05, 3.63) is 0 Å². The Bertz CT molecular complexity index is 689. The standard InChI is InChI=1S/C42H93N7/c1-14-16-22-47(24-18-40(5)6)34-28-44(12)31-37-49(36-30-43(11)27-33-46(21-15-2)23-17-39(3)4)38-32-45(13)29-35-48(25-19-41(7)8)26-20-42(9)10/h39-42H,14-38H2,1-13H3. The minimum absolute atomic E-state index is 0.776. The Morgan fingerprint density at radius 1 is 0.286 bits per heavy atom. The van der Waals surface area contributed by atoms with Crippen LogP contribution in [0.2, 0.25) is 0 Å². The fraction of sp³-hybridized carbons (Fsp3) is 1.00. The van der Waals surface area contributed by atoms with Gasteiger partial charge in [-0.1, -0.05) is 75.7 Å². The average molecular weight is 696 g/mol. The van der Waals surface area contributed by atoms with Gasteiger partial charge in [-0.15, -0.1) is 0 Å². The van der Waals surface area contributed by atoms with Crippen molar-refractivity contribution >= 4 is 0 Å². The first kappa shape index (κ1) is 48.7. The molecule has 0 aliphatic carbocycles. The van der Waals surface area contributed by atoms with E-state index in [0.29, 0.717) is 0 Å². The van der Waals surface area contributed by atoms with Crippen LogP contribution >= 0.6 is 0 Å². The third-order valence-corrected chi connectivity index (χ3v) is 10.2. The highest BCUT2D eigenvalue weighted by molar-refractivity contribution is 4.70. The van der Waals surface area contributed by atoms with Gasteiger partial charge < -0.3 is 29.4 Å². The predicted octanol–water partition coefficient (Wildman–Crippen LogP) is 7.38. The molecule has 0 heterocycles. The SMILES string of the molecule is CCCCN(CCC(C)C)CCN(C)CCN(CCN(C)CCN(CCC)CCC(C)C)CCN(C)CCN(CCC(C)C)CCC(C)C. The zero-order chi connectivity index (χ0) is 37.0. The van der Waals surface area contributed by atoms with Crippen molar-refractivity contribution < 1.29 is 0 Å². The first-order chi connectivity index (χ1) is 23.2. The van der Waals surface area contributed by atoms with Crippen LogP contribution in [0, 0.1) is 23.7 Å². The van der Waals surface area contributed by atoms with Gasteiger partial charge in [-0.25, -0.2) is 0 Å². The molecule has 7 nitrogen and oxygen atoms in total. The summed E-state index contributed by atoms with van der Waals surface area (Å²) in [5.41, 5.74) is 0. The third-order valence-electron chi connectivity index (χ3n) is 10.2. The topological polar surface area (TPSA) is 22.7 Å². The van der Waals surface area contributed by atoms with E-state index in [1.807, 2.05) is 0 Å². The lowest BCUT2D eigenvalue weighted by Crippen LogP contribution is -2.44. The Hall–Kier alpha value is -0.280. The van der Waals surface area contributed by atoms with E-state index < -0.39 is 0 Å². The van der Waals surface area contributed by atoms with Crippen molar-refractivity contribution in [1.82, 2.24) is 34.3 Å². The fourth-order valence-electron chi connectivity index (χ4n) is 6.01. The van der Waals surface area contributed by atoms with E-state index in [2.05, 4.69) is 125 Å². The summed E-state index contributed by atoms with van der Waals surface area (Å²) in [6.07, 6.45) is 9.07. The van der Waals surface area contributed by atoms with Crippen LogP contribution in [0.1, 0.15) is 114 Å². The van der Waals surface area contributed by atoms with Crippen LogP contribution < -0.4 is 0 Å². The molecule has 0 unspecified atom stereocenters. The fourth-order valence-corrected chi connectivity index (χ4v) is 6.01. The molecule has 0 bridgehead atoms. The summed E-state index contributed by atoms with van der Waals surface area (Å²) in [6, 6.07) is 0. The minimum Gasteiger partial charge on any atom is -0.304 e. The highest BCUT2D eigenvalue weighted by Gasteiger charge is 2.14. The van der Waals surface area contributed by atoms with Crippen LogP contribution in [0.4, 0.5) is 0 Å². The molecule has 0 spiro atoms. The molecule has 0 rings (SSSR count).